The number of benzene rings is 1. The van der Waals surface area contributed by atoms with Crippen molar-refractivity contribution in [2.45, 2.75) is 26.4 Å². The molecule has 0 radical (unpaired) electrons. The summed E-state index contributed by atoms with van der Waals surface area (Å²) in [6.07, 6.45) is -0.689. The average molecular weight is 352 g/mol. The monoisotopic (exact) mass is 352 g/mol. The van der Waals surface area contributed by atoms with Crippen LogP contribution in [0.15, 0.2) is 24.3 Å². The van der Waals surface area contributed by atoms with Crippen molar-refractivity contribution in [2.24, 2.45) is 0 Å². The molecule has 0 N–H and O–H groups in total. The van der Waals surface area contributed by atoms with Crippen LogP contribution in [0.3, 0.4) is 0 Å². The Kier molecular flexibility index (Phi) is 6.60. The maximum atomic E-state index is 11.9. The molecular weight excluding hydrogens is 332 g/mol. The van der Waals surface area contributed by atoms with Crippen molar-refractivity contribution in [3.05, 3.63) is 39.9 Å². The van der Waals surface area contributed by atoms with Crippen LogP contribution in [0.25, 0.3) is 0 Å². The number of hydrogen-bond acceptors (Lipinski definition) is 7. The molecule has 25 heavy (non-hydrogen) atoms. The minimum absolute atomic E-state index is 0.146. The molecule has 0 spiro atoms. The molecule has 1 rings (SSSR count). The van der Waals surface area contributed by atoms with Gasteiger partial charge in [0.25, 0.3) is 5.69 Å². The maximum Gasteiger partial charge on any atom is 0.410 e. The summed E-state index contributed by atoms with van der Waals surface area (Å²) in [5.41, 5.74) is -0.660. The third-order valence-electron chi connectivity index (χ3n) is 2.84. The Labute approximate surface area is 144 Å². The molecular formula is C16H20N2O7. The van der Waals surface area contributed by atoms with Crippen molar-refractivity contribution < 1.29 is 28.8 Å². The second-order valence-electron chi connectivity index (χ2n) is 6.22. The molecule has 1 aromatic rings. The van der Waals surface area contributed by atoms with Crippen LogP contribution in [-0.2, 0) is 14.3 Å². The maximum absolute atomic E-state index is 11.9. The first-order chi connectivity index (χ1) is 11.5. The van der Waals surface area contributed by atoms with Gasteiger partial charge in [0, 0.05) is 24.7 Å². The number of nitrogens with zero attached hydrogens (tertiary/aromatic N) is 2. The average Bonchev–Trinajstić information content (AvgIpc) is 2.51. The van der Waals surface area contributed by atoms with E-state index >= 15 is 0 Å². The van der Waals surface area contributed by atoms with Gasteiger partial charge >= 0.3 is 12.1 Å². The summed E-state index contributed by atoms with van der Waals surface area (Å²) in [6, 6.07) is 4.93. The number of nitro groups is 1. The lowest BCUT2D eigenvalue weighted by molar-refractivity contribution is -0.384. The van der Waals surface area contributed by atoms with Crippen LogP contribution in [0, 0.1) is 10.1 Å². The van der Waals surface area contributed by atoms with Gasteiger partial charge in [-0.3, -0.25) is 19.7 Å². The lowest BCUT2D eigenvalue weighted by Crippen LogP contribution is -2.38. The zero-order valence-corrected chi connectivity index (χ0v) is 14.5. The summed E-state index contributed by atoms with van der Waals surface area (Å²) in [4.78, 5) is 46.3. The largest absolute Gasteiger partial charge is 0.456 e. The van der Waals surface area contributed by atoms with Gasteiger partial charge in [-0.1, -0.05) is 0 Å². The molecule has 0 aliphatic rings. The van der Waals surface area contributed by atoms with E-state index in [9.17, 15) is 24.5 Å². The highest BCUT2D eigenvalue weighted by Gasteiger charge is 2.22. The van der Waals surface area contributed by atoms with E-state index in [-0.39, 0.29) is 17.8 Å². The highest BCUT2D eigenvalue weighted by atomic mass is 16.6. The van der Waals surface area contributed by atoms with Crippen LogP contribution in [0.4, 0.5) is 10.5 Å². The number of amides is 1. The molecule has 0 atom stereocenters. The Balaban J connectivity index is 2.49. The number of carbonyl (C=O) groups is 3. The molecule has 0 saturated heterocycles. The summed E-state index contributed by atoms with van der Waals surface area (Å²) in [5, 5.41) is 10.6. The number of carbonyl (C=O) groups excluding carboxylic acids is 3. The number of esters is 1. The summed E-state index contributed by atoms with van der Waals surface area (Å²) < 4.78 is 9.90. The van der Waals surface area contributed by atoms with Crippen LogP contribution in [0.2, 0.25) is 0 Å². The molecule has 9 nitrogen and oxygen atoms in total. The molecule has 1 amide bonds. The fourth-order valence-electron chi connectivity index (χ4n) is 1.64. The number of rotatable bonds is 6. The van der Waals surface area contributed by atoms with Crippen molar-refractivity contribution in [1.29, 1.82) is 0 Å². The molecule has 0 fully saturated rings. The van der Waals surface area contributed by atoms with Gasteiger partial charge in [0.1, 0.15) is 12.1 Å². The summed E-state index contributed by atoms with van der Waals surface area (Å²) >= 11 is 0. The molecule has 0 bridgehead atoms. The number of nitro benzene ring substituents is 1. The second-order valence-corrected chi connectivity index (χ2v) is 6.22. The van der Waals surface area contributed by atoms with Gasteiger partial charge in [0.2, 0.25) is 0 Å². The molecule has 0 saturated carbocycles. The van der Waals surface area contributed by atoms with Crippen LogP contribution >= 0.6 is 0 Å². The standard InChI is InChI=1S/C16H20N2O7/c1-16(2,3)25-15(21)17(4)9-14(20)24-10-13(19)11-5-7-12(8-6-11)18(22)23/h5-8H,9-10H2,1-4H3. The van der Waals surface area contributed by atoms with Gasteiger partial charge < -0.3 is 14.4 Å². The SMILES string of the molecule is CN(CC(=O)OCC(=O)c1ccc([N+](=O)[O-])cc1)C(=O)OC(C)(C)C. The first-order valence-corrected chi connectivity index (χ1v) is 7.37. The highest BCUT2D eigenvalue weighted by molar-refractivity contribution is 5.98. The lowest BCUT2D eigenvalue weighted by atomic mass is 10.1. The number of ketones is 1. The van der Waals surface area contributed by atoms with E-state index in [4.69, 9.17) is 9.47 Å². The van der Waals surface area contributed by atoms with Crippen molar-refractivity contribution in [3.63, 3.8) is 0 Å². The van der Waals surface area contributed by atoms with Gasteiger partial charge in [-0.05, 0) is 32.9 Å². The zero-order chi connectivity index (χ0) is 19.2. The summed E-state index contributed by atoms with van der Waals surface area (Å²) in [6.45, 7) is 4.18. The van der Waals surface area contributed by atoms with E-state index in [1.165, 1.54) is 31.3 Å². The van der Waals surface area contributed by atoms with Crippen LogP contribution in [-0.4, -0.2) is 53.5 Å². The van der Waals surface area contributed by atoms with Gasteiger partial charge in [0.15, 0.2) is 12.4 Å². The van der Waals surface area contributed by atoms with E-state index in [0.29, 0.717) is 0 Å². The minimum Gasteiger partial charge on any atom is -0.456 e. The highest BCUT2D eigenvalue weighted by Crippen LogP contribution is 2.12. The summed E-state index contributed by atoms with van der Waals surface area (Å²) in [7, 11) is 1.37. The number of ether oxygens (including phenoxy) is 2. The van der Waals surface area contributed by atoms with E-state index < -0.39 is 35.0 Å². The fourth-order valence-corrected chi connectivity index (χ4v) is 1.64. The second kappa shape index (κ2) is 8.22. The van der Waals surface area contributed by atoms with Crippen molar-refractivity contribution >= 4 is 23.5 Å². The van der Waals surface area contributed by atoms with Crippen molar-refractivity contribution in [3.8, 4) is 0 Å². The zero-order valence-electron chi connectivity index (χ0n) is 14.5. The molecule has 0 heterocycles. The molecule has 0 aromatic heterocycles. The smallest absolute Gasteiger partial charge is 0.410 e. The molecule has 0 aliphatic heterocycles. The summed E-state index contributed by atoms with van der Waals surface area (Å²) in [5.74, 6) is -1.29. The molecule has 0 unspecified atom stereocenters. The Morgan fingerprint density at radius 2 is 1.72 bits per heavy atom. The number of non-ortho nitro benzene ring substituents is 1. The quantitative estimate of drug-likeness (QED) is 0.333. The predicted octanol–water partition coefficient (Wildman–Crippen LogP) is 2.19. The third kappa shape index (κ3) is 6.98. The van der Waals surface area contributed by atoms with Gasteiger partial charge in [-0.25, -0.2) is 4.79 Å². The molecule has 0 aliphatic carbocycles. The third-order valence-corrected chi connectivity index (χ3v) is 2.84. The Morgan fingerprint density at radius 1 is 1.16 bits per heavy atom. The van der Waals surface area contributed by atoms with Gasteiger partial charge in [-0.15, -0.1) is 0 Å². The van der Waals surface area contributed by atoms with Crippen LogP contribution in [0.5, 0.6) is 0 Å². The minimum atomic E-state index is -0.774. The number of hydrogen-bond donors (Lipinski definition) is 0. The van der Waals surface area contributed by atoms with E-state index in [1.807, 2.05) is 0 Å². The van der Waals surface area contributed by atoms with E-state index in [1.54, 1.807) is 20.8 Å². The van der Waals surface area contributed by atoms with E-state index in [2.05, 4.69) is 0 Å². The van der Waals surface area contributed by atoms with Crippen molar-refractivity contribution in [2.75, 3.05) is 20.2 Å². The molecule has 136 valence electrons. The Hall–Kier alpha value is -2.97. The Morgan fingerprint density at radius 3 is 2.20 bits per heavy atom. The van der Waals surface area contributed by atoms with Crippen LogP contribution < -0.4 is 0 Å². The molecule has 1 aromatic carbocycles. The fraction of sp³-hybridized carbons (Fsp3) is 0.438. The Bertz CT molecular complexity index is 662. The van der Waals surface area contributed by atoms with E-state index in [0.717, 1.165) is 4.90 Å². The van der Waals surface area contributed by atoms with Crippen LogP contribution in [0.1, 0.15) is 31.1 Å². The van der Waals surface area contributed by atoms with Gasteiger partial charge in [-0.2, -0.15) is 0 Å². The molecule has 9 heteroatoms. The number of Topliss-reactive ketones (excluding diaryl/α,β-unsaturated/α-hetero) is 1. The number of likely N-dealkylation sites (N-methyl/N-ethyl adjacent to an activating group) is 1. The first kappa shape index (κ1) is 20.1. The predicted molar refractivity (Wildman–Crippen MR) is 87.2 cm³/mol. The lowest BCUT2D eigenvalue weighted by Gasteiger charge is -2.24. The first-order valence-electron chi connectivity index (χ1n) is 7.37. The van der Waals surface area contributed by atoms with Crippen molar-refractivity contribution in [1.82, 2.24) is 4.90 Å². The van der Waals surface area contributed by atoms with Gasteiger partial charge in [0.05, 0.1) is 4.92 Å². The topological polar surface area (TPSA) is 116 Å². The normalized spacial score (nSPS) is 10.7.